The molecule has 0 aliphatic heterocycles. The molecule has 0 unspecified atom stereocenters. The number of carbonyl (C=O) groups is 1. The third kappa shape index (κ3) is 4.24. The standard InChI is InChI=1S/C21H23N5O5S2/c1-12(2)33(30,31)25-14-5-3-13-4-10-17-19(21(22)27)24-26(20(17)18(13)11-14)15-6-8-16(9-7-15)32(23,28)29/h3,5-9,11-12,25H,4,10H2,1-2H3,(H2,22,27)(H2,23,28,29). The van der Waals surface area contributed by atoms with E-state index in [-0.39, 0.29) is 10.6 Å². The molecule has 3 aromatic rings. The number of aromatic nitrogens is 2. The van der Waals surface area contributed by atoms with E-state index in [9.17, 15) is 21.6 Å². The highest BCUT2D eigenvalue weighted by molar-refractivity contribution is 7.93. The minimum atomic E-state index is -3.88. The van der Waals surface area contributed by atoms with Gasteiger partial charge in [-0.05, 0) is 68.7 Å². The maximum atomic E-state index is 12.4. The Kier molecular flexibility index (Phi) is 5.55. The summed E-state index contributed by atoms with van der Waals surface area (Å²) >= 11 is 0. The van der Waals surface area contributed by atoms with E-state index in [1.807, 2.05) is 6.07 Å². The molecule has 1 aliphatic carbocycles. The molecule has 10 nitrogen and oxygen atoms in total. The van der Waals surface area contributed by atoms with Gasteiger partial charge < -0.3 is 5.73 Å². The van der Waals surface area contributed by atoms with Crippen molar-refractivity contribution in [1.82, 2.24) is 9.78 Å². The maximum Gasteiger partial charge on any atom is 0.269 e. The summed E-state index contributed by atoms with van der Waals surface area (Å²) in [5, 5.41) is 8.97. The second-order valence-corrected chi connectivity index (χ2v) is 11.9. The maximum absolute atomic E-state index is 12.4. The molecule has 174 valence electrons. The number of sulfonamides is 2. The molecular weight excluding hydrogens is 466 g/mol. The summed E-state index contributed by atoms with van der Waals surface area (Å²) in [6, 6.07) is 11.0. The van der Waals surface area contributed by atoms with Gasteiger partial charge in [-0.2, -0.15) is 5.10 Å². The predicted molar refractivity (Wildman–Crippen MR) is 124 cm³/mol. The molecule has 4 rings (SSSR count). The normalized spacial score (nSPS) is 13.5. The van der Waals surface area contributed by atoms with Crippen LogP contribution >= 0.6 is 0 Å². The number of fused-ring (bicyclic) bond motifs is 3. The molecule has 5 N–H and O–H groups in total. The van der Waals surface area contributed by atoms with Crippen molar-refractivity contribution in [3.63, 3.8) is 0 Å². The zero-order valence-electron chi connectivity index (χ0n) is 17.9. The number of nitrogens with one attached hydrogen (secondary N) is 1. The molecule has 0 atom stereocenters. The molecule has 1 amide bonds. The van der Waals surface area contributed by atoms with Gasteiger partial charge in [-0.15, -0.1) is 0 Å². The van der Waals surface area contributed by atoms with Crippen LogP contribution in [0.25, 0.3) is 16.9 Å². The van der Waals surface area contributed by atoms with Gasteiger partial charge in [-0.3, -0.25) is 9.52 Å². The molecule has 0 fully saturated rings. The van der Waals surface area contributed by atoms with E-state index in [2.05, 4.69) is 9.82 Å². The molecule has 1 aliphatic rings. The summed E-state index contributed by atoms with van der Waals surface area (Å²) in [6.07, 6.45) is 1.14. The number of carbonyl (C=O) groups excluding carboxylic acids is 1. The Balaban J connectivity index is 1.90. The third-order valence-corrected chi connectivity index (χ3v) is 8.21. The van der Waals surface area contributed by atoms with E-state index >= 15 is 0 Å². The van der Waals surface area contributed by atoms with Crippen LogP contribution in [0.5, 0.6) is 0 Å². The molecule has 0 spiro atoms. The fraction of sp³-hybridized carbons (Fsp3) is 0.238. The predicted octanol–water partition coefficient (Wildman–Crippen LogP) is 1.53. The molecule has 2 aromatic carbocycles. The van der Waals surface area contributed by atoms with Gasteiger partial charge in [0.05, 0.1) is 21.5 Å². The first kappa shape index (κ1) is 23.0. The summed E-state index contributed by atoms with van der Waals surface area (Å²) < 4.78 is 52.0. The van der Waals surface area contributed by atoms with Crippen LogP contribution in [0.1, 0.15) is 35.5 Å². The lowest BCUT2D eigenvalue weighted by atomic mass is 9.88. The van der Waals surface area contributed by atoms with Gasteiger partial charge in [0, 0.05) is 16.8 Å². The number of primary amides is 1. The molecule has 12 heteroatoms. The minimum absolute atomic E-state index is 0.0619. The number of nitrogens with two attached hydrogens (primary N) is 2. The van der Waals surface area contributed by atoms with Crippen LogP contribution < -0.4 is 15.6 Å². The summed E-state index contributed by atoms with van der Waals surface area (Å²) in [7, 11) is -7.43. The number of amides is 1. The number of aryl methyl sites for hydroxylation is 1. The monoisotopic (exact) mass is 489 g/mol. The Hall–Kier alpha value is -3.22. The molecule has 0 bridgehead atoms. The third-order valence-electron chi connectivity index (χ3n) is 5.52. The van der Waals surface area contributed by atoms with Gasteiger partial charge in [0.15, 0.2) is 5.69 Å². The summed E-state index contributed by atoms with van der Waals surface area (Å²) in [5.74, 6) is -0.689. The van der Waals surface area contributed by atoms with Crippen molar-refractivity contribution in [1.29, 1.82) is 0 Å². The Bertz CT molecular complexity index is 1470. The molecular formula is C21H23N5O5S2. The van der Waals surface area contributed by atoms with Crippen LogP contribution in [0.4, 0.5) is 5.69 Å². The first-order chi connectivity index (χ1) is 15.4. The largest absolute Gasteiger partial charge is 0.364 e. The fourth-order valence-electron chi connectivity index (χ4n) is 3.75. The van der Waals surface area contributed by atoms with Gasteiger partial charge in [-0.25, -0.2) is 26.7 Å². The Morgan fingerprint density at radius 2 is 1.73 bits per heavy atom. The highest BCUT2D eigenvalue weighted by Gasteiger charge is 2.29. The van der Waals surface area contributed by atoms with Crippen LogP contribution in [0.3, 0.4) is 0 Å². The number of rotatable bonds is 6. The number of primary sulfonamides is 1. The molecule has 1 heterocycles. The molecule has 0 saturated carbocycles. The van der Waals surface area contributed by atoms with Crippen molar-refractivity contribution >= 4 is 31.6 Å². The van der Waals surface area contributed by atoms with Crippen LogP contribution in [0.2, 0.25) is 0 Å². The molecule has 33 heavy (non-hydrogen) atoms. The summed E-state index contributed by atoms with van der Waals surface area (Å²) in [6.45, 7) is 3.16. The summed E-state index contributed by atoms with van der Waals surface area (Å²) in [5.41, 5.74) is 9.46. The fourth-order valence-corrected chi connectivity index (χ4v) is 4.95. The van der Waals surface area contributed by atoms with Crippen molar-refractivity contribution in [3.05, 3.63) is 59.3 Å². The first-order valence-electron chi connectivity index (χ1n) is 10.1. The van der Waals surface area contributed by atoms with E-state index in [0.29, 0.717) is 41.0 Å². The second-order valence-electron chi connectivity index (χ2n) is 8.06. The second kappa shape index (κ2) is 7.97. The highest BCUT2D eigenvalue weighted by atomic mass is 32.2. The van der Waals surface area contributed by atoms with Gasteiger partial charge in [0.2, 0.25) is 20.0 Å². The Morgan fingerprint density at radius 3 is 2.30 bits per heavy atom. The zero-order chi connectivity index (χ0) is 24.1. The van der Waals surface area contributed by atoms with Crippen LogP contribution in [0, 0.1) is 0 Å². The number of hydrogen-bond acceptors (Lipinski definition) is 6. The minimum Gasteiger partial charge on any atom is -0.364 e. The molecule has 1 aromatic heterocycles. The van der Waals surface area contributed by atoms with Gasteiger partial charge in [0.25, 0.3) is 5.91 Å². The van der Waals surface area contributed by atoms with Gasteiger partial charge in [-0.1, -0.05) is 6.07 Å². The lowest BCUT2D eigenvalue weighted by molar-refractivity contribution is 0.0994. The first-order valence-corrected chi connectivity index (χ1v) is 13.2. The molecule has 0 radical (unpaired) electrons. The van der Waals surface area contributed by atoms with Crippen molar-refractivity contribution in [2.45, 2.75) is 36.8 Å². The van der Waals surface area contributed by atoms with Crippen LogP contribution in [-0.4, -0.2) is 37.8 Å². The Labute approximate surface area is 191 Å². The lowest BCUT2D eigenvalue weighted by Gasteiger charge is -2.20. The highest BCUT2D eigenvalue weighted by Crippen LogP contribution is 2.38. The number of nitrogens with zero attached hydrogens (tertiary/aromatic N) is 2. The van der Waals surface area contributed by atoms with Crippen LogP contribution in [0.15, 0.2) is 47.4 Å². The Morgan fingerprint density at radius 1 is 1.06 bits per heavy atom. The smallest absolute Gasteiger partial charge is 0.269 e. The average Bonchev–Trinajstić information content (AvgIpc) is 3.13. The van der Waals surface area contributed by atoms with Crippen molar-refractivity contribution in [3.8, 4) is 16.9 Å². The summed E-state index contributed by atoms with van der Waals surface area (Å²) in [4.78, 5) is 12.0. The van der Waals surface area contributed by atoms with Gasteiger partial charge >= 0.3 is 0 Å². The van der Waals surface area contributed by atoms with Crippen molar-refractivity contribution in [2.24, 2.45) is 10.9 Å². The van der Waals surface area contributed by atoms with E-state index in [1.165, 1.54) is 28.9 Å². The van der Waals surface area contributed by atoms with Crippen LogP contribution in [-0.2, 0) is 32.9 Å². The topological polar surface area (TPSA) is 167 Å². The van der Waals surface area contributed by atoms with Crippen molar-refractivity contribution in [2.75, 3.05) is 4.72 Å². The van der Waals surface area contributed by atoms with E-state index in [0.717, 1.165) is 5.56 Å². The number of anilines is 1. The number of hydrogen-bond donors (Lipinski definition) is 3. The number of benzene rings is 2. The van der Waals surface area contributed by atoms with Gasteiger partial charge in [0.1, 0.15) is 0 Å². The van der Waals surface area contributed by atoms with E-state index in [1.54, 1.807) is 26.0 Å². The zero-order valence-corrected chi connectivity index (χ0v) is 19.6. The lowest BCUT2D eigenvalue weighted by Crippen LogP contribution is -2.22. The quantitative estimate of drug-likeness (QED) is 0.474. The van der Waals surface area contributed by atoms with E-state index in [4.69, 9.17) is 10.9 Å². The SMILES string of the molecule is CC(C)S(=O)(=O)Nc1ccc2c(c1)-c1c(c(C(N)=O)nn1-c1ccc(S(N)(=O)=O)cc1)CC2. The average molecular weight is 490 g/mol. The molecule has 0 saturated heterocycles. The van der Waals surface area contributed by atoms with Crippen molar-refractivity contribution < 1.29 is 21.6 Å². The van der Waals surface area contributed by atoms with E-state index < -0.39 is 31.2 Å².